The van der Waals surface area contributed by atoms with Crippen molar-refractivity contribution in [2.45, 2.75) is 90.9 Å². The molecule has 5 heteroatoms. The second-order valence-electron chi connectivity index (χ2n) is 19.6. The van der Waals surface area contributed by atoms with E-state index >= 15 is 0 Å². The van der Waals surface area contributed by atoms with E-state index in [9.17, 15) is 13.3 Å². The number of rotatable bonds is 8. The largest absolute Gasteiger partial charge is 0.507 e. The molecule has 0 aliphatic carbocycles. The maximum Gasteiger partial charge on any atom is 0.144 e. The third kappa shape index (κ3) is 8.39. The van der Waals surface area contributed by atoms with Crippen LogP contribution in [0.5, 0.6) is 5.75 Å². The van der Waals surface area contributed by atoms with E-state index in [2.05, 4.69) is 89.2 Å². The van der Waals surface area contributed by atoms with E-state index in [1.165, 1.54) is 4.57 Å². The normalized spacial score (nSPS) is 14.2. The maximum absolute atomic E-state index is 11.9. The van der Waals surface area contributed by atoms with Gasteiger partial charge in [0.15, 0.2) is 0 Å². The molecule has 0 fully saturated rings. The van der Waals surface area contributed by atoms with E-state index in [1.807, 2.05) is 93.7 Å². The fraction of sp³-hybridized carbons (Fsp3) is 0.233. The molecule has 0 aliphatic rings. The summed E-state index contributed by atoms with van der Waals surface area (Å²) in [5, 5.41) is 12.9. The van der Waals surface area contributed by atoms with Crippen molar-refractivity contribution in [3.63, 3.8) is 0 Å². The Labute approximate surface area is 408 Å². The summed E-state index contributed by atoms with van der Waals surface area (Å²) in [6.45, 7) is 10.5. The first-order chi connectivity index (χ1) is 32.9. The van der Waals surface area contributed by atoms with Crippen LogP contribution in [-0.2, 0) is 42.8 Å². The summed E-state index contributed by atoms with van der Waals surface area (Å²) in [5.74, 6) is -0.168. The van der Waals surface area contributed by atoms with Gasteiger partial charge < -0.3 is 9.67 Å². The number of pyridine rings is 1. The van der Waals surface area contributed by atoms with Crippen molar-refractivity contribution < 1.29 is 34.4 Å². The van der Waals surface area contributed by atoms with Gasteiger partial charge in [-0.1, -0.05) is 176 Å². The maximum atomic E-state index is 11.9. The van der Waals surface area contributed by atoms with E-state index in [1.54, 1.807) is 42.5 Å². The minimum Gasteiger partial charge on any atom is -0.507 e. The molecule has 0 radical (unpaired) electrons. The van der Waals surface area contributed by atoms with Crippen LogP contribution in [0.3, 0.4) is 0 Å². The number of imidazole rings is 1. The Morgan fingerprint density at radius 2 is 1.09 bits per heavy atom. The minimum atomic E-state index is -3.19. The molecule has 0 bridgehead atoms. The van der Waals surface area contributed by atoms with Crippen molar-refractivity contribution in [2.24, 2.45) is 0 Å². The molecule has 0 saturated heterocycles. The zero-order valence-corrected chi connectivity index (χ0v) is 40.5. The van der Waals surface area contributed by atoms with Gasteiger partial charge >= 0.3 is 0 Å². The number of nitrogens with zero attached hydrogens (tertiary/aromatic N) is 3. The van der Waals surface area contributed by atoms with Gasteiger partial charge in [0.25, 0.3) is 0 Å². The number of fused-ring (bicyclic) bond motifs is 2. The van der Waals surface area contributed by atoms with Crippen LogP contribution < -0.4 is 0 Å². The summed E-state index contributed by atoms with van der Waals surface area (Å²) < 4.78 is 58.0. The third-order valence-electron chi connectivity index (χ3n) is 12.8. The Morgan fingerprint density at radius 3 is 1.71 bits per heavy atom. The minimum absolute atomic E-state index is 0. The fourth-order valence-electron chi connectivity index (χ4n) is 8.82. The van der Waals surface area contributed by atoms with Gasteiger partial charge in [0, 0.05) is 51.8 Å². The number of hydrogen-bond donors (Lipinski definition) is 1. The summed E-state index contributed by atoms with van der Waals surface area (Å²) in [6, 6.07) is 53.9. The van der Waals surface area contributed by atoms with Crippen LogP contribution >= 0.6 is 0 Å². The molecule has 0 unspecified atom stereocenters. The molecule has 0 amide bonds. The average molecular weight is 1040 g/mol. The van der Waals surface area contributed by atoms with Gasteiger partial charge in [0.1, 0.15) is 11.6 Å². The molecule has 7 aromatic carbocycles. The van der Waals surface area contributed by atoms with Crippen LogP contribution in [0.15, 0.2) is 164 Å². The van der Waals surface area contributed by atoms with Crippen LogP contribution in [0.2, 0.25) is 0 Å². The van der Waals surface area contributed by atoms with Gasteiger partial charge in [-0.2, -0.15) is 0 Å². The third-order valence-corrected chi connectivity index (χ3v) is 12.8. The molecule has 330 valence electrons. The Bertz CT molecular complexity index is 3390. The summed E-state index contributed by atoms with van der Waals surface area (Å²) in [7, 11) is 0. The van der Waals surface area contributed by atoms with Crippen LogP contribution in [0.4, 0.5) is 0 Å². The Morgan fingerprint density at radius 1 is 0.523 bits per heavy atom. The van der Waals surface area contributed by atoms with Crippen LogP contribution in [-0.4, -0.2) is 19.6 Å². The Kier molecular flexibility index (Phi) is 10.0. The van der Waals surface area contributed by atoms with Crippen LogP contribution in [0.25, 0.3) is 66.7 Å². The van der Waals surface area contributed by atoms with Gasteiger partial charge in [0.05, 0.1) is 22.1 Å². The first-order valence-electron chi connectivity index (χ1n) is 25.0. The zero-order valence-electron chi connectivity index (χ0n) is 44.2. The topological polar surface area (TPSA) is 50.9 Å². The standard InChI is InChI=1S/C60H58N3O.Pt/c1-57(2,3)44-29-30-53(64)51(34-44)56-62-55-49(37-46(59(7,8)42-25-16-12-17-26-42)38-52(55)63(56)60(9,10)43-27-18-13-19-28-43)41-24-20-23-40(33-41)48-35-45(58(4,5)6)36-50-47(31-32-61-54(48)50)39-21-14-11-15-22-39;/h11-32,34-38,64H,1-10H3;/q-1;/i9D3,10D3;. The Balaban J connectivity index is 0.00000676. The first kappa shape index (κ1) is 38.2. The molecule has 0 aliphatic heterocycles. The van der Waals surface area contributed by atoms with E-state index in [0.29, 0.717) is 16.6 Å². The monoisotopic (exact) mass is 1040 g/mol. The van der Waals surface area contributed by atoms with E-state index in [-0.39, 0.29) is 54.7 Å². The fourth-order valence-corrected chi connectivity index (χ4v) is 8.82. The zero-order chi connectivity index (χ0) is 50.2. The molecule has 2 aromatic heterocycles. The van der Waals surface area contributed by atoms with Crippen LogP contribution in [0, 0.1) is 6.07 Å². The number of hydrogen-bond acceptors (Lipinski definition) is 3. The van der Waals surface area contributed by atoms with Gasteiger partial charge in [-0.15, -0.1) is 35.4 Å². The SMILES string of the molecule is [2H]C([2H])([2H])C(c1ccccc1)(n1c(-c2cc(C(C)(C)C)ccc2O)nc2c(-c3[c-]c(-c4cc(C(C)(C)C)cc5c(-c6ccccc6)ccnc45)ccc3)cc(C(C)(C)c3ccccc3)cc21)C([2H])([2H])[2H].[Pt]. The second kappa shape index (κ2) is 17.0. The molecule has 1 N–H and O–H groups in total. The number of phenolic OH excluding ortho intramolecular Hbond substituents is 1. The summed E-state index contributed by atoms with van der Waals surface area (Å²) >= 11 is 0. The molecular formula is C60H58N3OPt-. The van der Waals surface area contributed by atoms with Gasteiger partial charge in [-0.25, -0.2) is 4.98 Å². The smallest absolute Gasteiger partial charge is 0.144 e. The molecule has 0 spiro atoms. The predicted molar refractivity (Wildman–Crippen MR) is 268 cm³/mol. The van der Waals surface area contributed by atoms with Crippen LogP contribution in [0.1, 0.15) is 105 Å². The summed E-state index contributed by atoms with van der Waals surface area (Å²) in [6.07, 6.45) is 1.85. The molecule has 0 atom stereocenters. The molecular weight excluding hydrogens is 974 g/mol. The molecule has 2 heterocycles. The predicted octanol–water partition coefficient (Wildman–Crippen LogP) is 15.5. The van der Waals surface area contributed by atoms with Gasteiger partial charge in [-0.3, -0.25) is 4.98 Å². The van der Waals surface area contributed by atoms with Gasteiger partial charge in [0.2, 0.25) is 0 Å². The van der Waals surface area contributed by atoms with Crippen molar-refractivity contribution in [2.75, 3.05) is 0 Å². The number of aromatic hydroxyl groups is 1. The van der Waals surface area contributed by atoms with Gasteiger partial charge in [-0.05, 0) is 93.8 Å². The van der Waals surface area contributed by atoms with E-state index in [0.717, 1.165) is 55.4 Å². The molecule has 65 heavy (non-hydrogen) atoms. The van der Waals surface area contributed by atoms with Crippen molar-refractivity contribution in [3.8, 4) is 50.5 Å². The summed E-state index contributed by atoms with van der Waals surface area (Å²) in [4.78, 5) is 10.4. The van der Waals surface area contributed by atoms with Crippen molar-refractivity contribution in [1.82, 2.24) is 14.5 Å². The second-order valence-corrected chi connectivity index (χ2v) is 19.6. The number of benzene rings is 7. The van der Waals surface area contributed by atoms with Crippen molar-refractivity contribution >= 4 is 21.9 Å². The summed E-state index contributed by atoms with van der Waals surface area (Å²) in [5.41, 5.74) is 6.49. The van der Waals surface area contributed by atoms with Crippen molar-refractivity contribution in [1.29, 1.82) is 0 Å². The molecule has 9 aromatic rings. The number of aromatic nitrogens is 3. The molecule has 0 saturated carbocycles. The van der Waals surface area contributed by atoms with Crippen molar-refractivity contribution in [3.05, 3.63) is 198 Å². The van der Waals surface area contributed by atoms with E-state index < -0.39 is 30.1 Å². The quantitative estimate of drug-likeness (QED) is 0.154. The molecule has 4 nitrogen and oxygen atoms in total. The number of phenols is 1. The first-order valence-corrected chi connectivity index (χ1v) is 22.0. The average Bonchev–Trinajstić information content (AvgIpc) is 3.69. The molecule has 9 rings (SSSR count). The van der Waals surface area contributed by atoms with E-state index in [4.69, 9.17) is 9.97 Å². The Hall–Kier alpha value is -6.09.